The number of carbonyl (C=O) groups excluding carboxylic acids is 1. The molecule has 1 atom stereocenters. The summed E-state index contributed by atoms with van der Waals surface area (Å²) in [6, 6.07) is 5.71. The van der Waals surface area contributed by atoms with Gasteiger partial charge in [0.1, 0.15) is 5.82 Å². The minimum absolute atomic E-state index is 0. The molecular formula is C14H22ClFN2O. The SMILES string of the molecule is CCCC(N)C(=O)NC(C)(C)c1cccc(F)c1.Cl. The second kappa shape index (κ2) is 7.46. The van der Waals surface area contributed by atoms with E-state index in [-0.39, 0.29) is 24.1 Å². The van der Waals surface area contributed by atoms with Crippen molar-refractivity contribution in [2.45, 2.75) is 45.2 Å². The van der Waals surface area contributed by atoms with Gasteiger partial charge >= 0.3 is 0 Å². The van der Waals surface area contributed by atoms with Gasteiger partial charge in [-0.05, 0) is 38.0 Å². The Kier molecular flexibility index (Phi) is 7.01. The van der Waals surface area contributed by atoms with Crippen molar-refractivity contribution in [3.63, 3.8) is 0 Å². The Morgan fingerprint density at radius 1 is 1.47 bits per heavy atom. The fraction of sp³-hybridized carbons (Fsp3) is 0.500. The molecule has 3 nitrogen and oxygen atoms in total. The van der Waals surface area contributed by atoms with Crippen LogP contribution in [0, 0.1) is 5.82 Å². The first kappa shape index (κ1) is 17.9. The zero-order chi connectivity index (χ0) is 13.8. The van der Waals surface area contributed by atoms with Gasteiger partial charge in [0.2, 0.25) is 5.91 Å². The Morgan fingerprint density at radius 2 is 2.11 bits per heavy atom. The lowest BCUT2D eigenvalue weighted by atomic mass is 9.93. The maximum absolute atomic E-state index is 13.2. The summed E-state index contributed by atoms with van der Waals surface area (Å²) in [5.74, 6) is -0.515. The van der Waals surface area contributed by atoms with E-state index in [1.54, 1.807) is 12.1 Å². The Balaban J connectivity index is 0.00000324. The summed E-state index contributed by atoms with van der Waals surface area (Å²) in [6.45, 7) is 5.64. The summed E-state index contributed by atoms with van der Waals surface area (Å²) in [7, 11) is 0. The van der Waals surface area contributed by atoms with E-state index in [4.69, 9.17) is 5.73 Å². The Bertz CT molecular complexity index is 424. The van der Waals surface area contributed by atoms with Crippen molar-refractivity contribution in [2.24, 2.45) is 5.73 Å². The number of carbonyl (C=O) groups is 1. The van der Waals surface area contributed by atoms with Gasteiger partial charge in [-0.15, -0.1) is 12.4 Å². The highest BCUT2D eigenvalue weighted by atomic mass is 35.5. The lowest BCUT2D eigenvalue weighted by molar-refractivity contribution is -0.124. The molecule has 0 aromatic heterocycles. The average Bonchev–Trinajstić information content (AvgIpc) is 2.28. The summed E-state index contributed by atoms with van der Waals surface area (Å²) < 4.78 is 13.2. The van der Waals surface area contributed by atoms with Gasteiger partial charge in [-0.2, -0.15) is 0 Å². The molecular weight excluding hydrogens is 267 g/mol. The molecule has 5 heteroatoms. The topological polar surface area (TPSA) is 55.1 Å². The van der Waals surface area contributed by atoms with Crippen molar-refractivity contribution in [3.05, 3.63) is 35.6 Å². The first-order valence-electron chi connectivity index (χ1n) is 6.20. The zero-order valence-electron chi connectivity index (χ0n) is 11.6. The lowest BCUT2D eigenvalue weighted by Crippen LogP contribution is -2.48. The largest absolute Gasteiger partial charge is 0.346 e. The minimum atomic E-state index is -0.634. The smallest absolute Gasteiger partial charge is 0.237 e. The highest BCUT2D eigenvalue weighted by Gasteiger charge is 2.25. The molecule has 0 bridgehead atoms. The Hall–Kier alpha value is -1.13. The van der Waals surface area contributed by atoms with Gasteiger partial charge in [0, 0.05) is 0 Å². The van der Waals surface area contributed by atoms with E-state index >= 15 is 0 Å². The molecule has 1 aromatic carbocycles. The van der Waals surface area contributed by atoms with Crippen LogP contribution < -0.4 is 11.1 Å². The van der Waals surface area contributed by atoms with Gasteiger partial charge < -0.3 is 11.1 Å². The third-order valence-electron chi connectivity index (χ3n) is 2.92. The first-order chi connectivity index (χ1) is 8.36. The summed E-state index contributed by atoms with van der Waals surface area (Å²) in [4.78, 5) is 11.9. The quantitative estimate of drug-likeness (QED) is 0.875. The molecule has 0 spiro atoms. The van der Waals surface area contributed by atoms with Crippen molar-refractivity contribution >= 4 is 18.3 Å². The fourth-order valence-corrected chi connectivity index (χ4v) is 1.79. The van der Waals surface area contributed by atoms with Crippen LogP contribution in [0.1, 0.15) is 39.2 Å². The standard InChI is InChI=1S/C14H21FN2O.ClH/c1-4-6-12(16)13(18)17-14(2,3)10-7-5-8-11(15)9-10;/h5,7-9,12H,4,6,16H2,1-3H3,(H,17,18);1H. The zero-order valence-corrected chi connectivity index (χ0v) is 12.4. The lowest BCUT2D eigenvalue weighted by Gasteiger charge is -2.28. The predicted octanol–water partition coefficient (Wildman–Crippen LogP) is 2.73. The molecule has 3 N–H and O–H groups in total. The molecule has 0 saturated carbocycles. The van der Waals surface area contributed by atoms with Gasteiger partial charge in [0.15, 0.2) is 0 Å². The number of nitrogens with two attached hydrogens (primary N) is 1. The molecule has 19 heavy (non-hydrogen) atoms. The molecule has 1 unspecified atom stereocenters. The molecule has 0 fully saturated rings. The normalized spacial score (nSPS) is 12.5. The van der Waals surface area contributed by atoms with Crippen LogP contribution in [-0.4, -0.2) is 11.9 Å². The number of hydrogen-bond acceptors (Lipinski definition) is 2. The van der Waals surface area contributed by atoms with E-state index < -0.39 is 11.6 Å². The van der Waals surface area contributed by atoms with Gasteiger partial charge in [0.05, 0.1) is 11.6 Å². The maximum Gasteiger partial charge on any atom is 0.237 e. The minimum Gasteiger partial charge on any atom is -0.346 e. The van der Waals surface area contributed by atoms with E-state index in [1.165, 1.54) is 12.1 Å². The third kappa shape index (κ3) is 5.17. The van der Waals surface area contributed by atoms with Crippen LogP contribution in [0.2, 0.25) is 0 Å². The summed E-state index contributed by atoms with van der Waals surface area (Å²) >= 11 is 0. The van der Waals surface area contributed by atoms with Gasteiger partial charge in [-0.25, -0.2) is 4.39 Å². The number of hydrogen-bond donors (Lipinski definition) is 2. The van der Waals surface area contributed by atoms with Gasteiger partial charge in [-0.3, -0.25) is 4.79 Å². The second-order valence-electron chi connectivity index (χ2n) is 5.02. The van der Waals surface area contributed by atoms with Crippen molar-refractivity contribution in [1.82, 2.24) is 5.32 Å². The van der Waals surface area contributed by atoms with Crippen LogP contribution in [0.5, 0.6) is 0 Å². The van der Waals surface area contributed by atoms with Crippen LogP contribution in [0.25, 0.3) is 0 Å². The number of halogens is 2. The fourth-order valence-electron chi connectivity index (χ4n) is 1.79. The molecule has 1 rings (SSSR count). The number of benzene rings is 1. The van der Waals surface area contributed by atoms with Crippen molar-refractivity contribution in [3.8, 4) is 0 Å². The van der Waals surface area contributed by atoms with E-state index in [9.17, 15) is 9.18 Å². The molecule has 0 aliphatic rings. The van der Waals surface area contributed by atoms with Crippen LogP contribution in [0.4, 0.5) is 4.39 Å². The number of rotatable bonds is 5. The molecule has 1 aromatic rings. The monoisotopic (exact) mass is 288 g/mol. The summed E-state index contributed by atoms with van der Waals surface area (Å²) in [6.07, 6.45) is 1.50. The molecule has 0 aliphatic carbocycles. The van der Waals surface area contributed by atoms with Crippen LogP contribution in [0.3, 0.4) is 0 Å². The van der Waals surface area contributed by atoms with E-state index in [0.717, 1.165) is 12.0 Å². The highest BCUT2D eigenvalue weighted by Crippen LogP contribution is 2.20. The number of amides is 1. The van der Waals surface area contributed by atoms with Crippen molar-refractivity contribution in [1.29, 1.82) is 0 Å². The third-order valence-corrected chi connectivity index (χ3v) is 2.92. The van der Waals surface area contributed by atoms with Crippen LogP contribution in [-0.2, 0) is 10.3 Å². The summed E-state index contributed by atoms with van der Waals surface area (Å²) in [5, 5.41) is 2.85. The molecule has 0 radical (unpaired) electrons. The summed E-state index contributed by atoms with van der Waals surface area (Å²) in [5.41, 5.74) is 5.84. The number of nitrogens with one attached hydrogen (secondary N) is 1. The molecule has 0 aliphatic heterocycles. The average molecular weight is 289 g/mol. The highest BCUT2D eigenvalue weighted by molar-refractivity contribution is 5.85. The molecule has 1 amide bonds. The molecule has 0 saturated heterocycles. The van der Waals surface area contributed by atoms with Crippen molar-refractivity contribution in [2.75, 3.05) is 0 Å². The first-order valence-corrected chi connectivity index (χ1v) is 6.20. The van der Waals surface area contributed by atoms with E-state index in [0.29, 0.717) is 6.42 Å². The molecule has 108 valence electrons. The molecule has 0 heterocycles. The predicted molar refractivity (Wildman–Crippen MR) is 77.7 cm³/mol. The van der Waals surface area contributed by atoms with Gasteiger partial charge in [0.25, 0.3) is 0 Å². The van der Waals surface area contributed by atoms with E-state index in [1.807, 2.05) is 20.8 Å². The Labute approximate surface area is 120 Å². The van der Waals surface area contributed by atoms with Crippen LogP contribution in [0.15, 0.2) is 24.3 Å². The Morgan fingerprint density at radius 3 is 2.63 bits per heavy atom. The van der Waals surface area contributed by atoms with E-state index in [2.05, 4.69) is 5.32 Å². The van der Waals surface area contributed by atoms with Crippen LogP contribution >= 0.6 is 12.4 Å². The van der Waals surface area contributed by atoms with Gasteiger partial charge in [-0.1, -0.05) is 25.5 Å². The maximum atomic E-state index is 13.2. The second-order valence-corrected chi connectivity index (χ2v) is 5.02. The van der Waals surface area contributed by atoms with Crippen molar-refractivity contribution < 1.29 is 9.18 Å².